The van der Waals surface area contributed by atoms with E-state index in [0.29, 0.717) is 35.1 Å². The predicted octanol–water partition coefficient (Wildman–Crippen LogP) is 0.281. The Labute approximate surface area is 328 Å². The van der Waals surface area contributed by atoms with E-state index in [-0.39, 0.29) is 64.8 Å². The number of anilines is 1. The van der Waals surface area contributed by atoms with Crippen molar-refractivity contribution >= 4 is 59.1 Å². The van der Waals surface area contributed by atoms with Gasteiger partial charge in [-0.05, 0) is 49.1 Å². The summed E-state index contributed by atoms with van der Waals surface area (Å²) in [5.74, 6) is -6.05. The molecule has 0 fully saturated rings. The van der Waals surface area contributed by atoms with E-state index in [2.05, 4.69) is 15.0 Å². The average Bonchev–Trinajstić information content (AvgIpc) is 3.76. The maximum Gasteiger partial charge on any atom is 0.323 e. The second kappa shape index (κ2) is 22.4. The number of carbonyl (C=O) groups is 7. The van der Waals surface area contributed by atoms with Crippen LogP contribution in [-0.2, 0) is 82.2 Å². The Morgan fingerprint density at radius 3 is 2.09 bits per heavy atom. The van der Waals surface area contributed by atoms with Crippen LogP contribution in [0.15, 0.2) is 55.0 Å². The fourth-order valence-corrected chi connectivity index (χ4v) is 6.33. The van der Waals surface area contributed by atoms with Gasteiger partial charge in [-0.3, -0.25) is 42.7 Å². The van der Waals surface area contributed by atoms with Gasteiger partial charge in [-0.1, -0.05) is 12.1 Å². The fraction of sp³-hybridized carbons (Fsp3) is 0.429. The van der Waals surface area contributed by atoms with Gasteiger partial charge in [-0.2, -0.15) is 0 Å². The van der Waals surface area contributed by atoms with Crippen molar-refractivity contribution < 1.29 is 67.5 Å². The number of carbonyl (C=O) groups excluding carboxylic acids is 3. The number of nitrogens with zero attached hydrogens (tertiary/aromatic N) is 5. The van der Waals surface area contributed by atoms with Crippen LogP contribution in [0.4, 0.5) is 5.69 Å². The minimum absolute atomic E-state index is 0.0321. The van der Waals surface area contributed by atoms with Crippen molar-refractivity contribution in [2.24, 2.45) is 0 Å². The molecule has 1 unspecified atom stereocenters. The number of carboxylic acids is 4. The molecule has 310 valence electrons. The number of benzene rings is 1. The summed E-state index contributed by atoms with van der Waals surface area (Å²) in [5.41, 5.74) is 0.518. The Morgan fingerprint density at radius 2 is 1.51 bits per heavy atom. The molecule has 3 aromatic rings. The molecule has 3 rings (SSSR count). The molecule has 1 atom stereocenters. The van der Waals surface area contributed by atoms with Crippen LogP contribution < -0.4 is 10.0 Å². The summed E-state index contributed by atoms with van der Waals surface area (Å²) >= 11 is -2.51. The highest BCUT2D eigenvalue weighted by Crippen LogP contribution is 2.25. The van der Waals surface area contributed by atoms with Crippen molar-refractivity contribution in [2.75, 3.05) is 31.0 Å². The second-order valence-corrected chi connectivity index (χ2v) is 13.6. The van der Waals surface area contributed by atoms with Crippen LogP contribution in [0.5, 0.6) is 0 Å². The number of carboxylic acid groups (broad SMARTS) is 4. The molecule has 0 aliphatic carbocycles. The Morgan fingerprint density at radius 1 is 0.860 bits per heavy atom. The summed E-state index contributed by atoms with van der Waals surface area (Å²) in [4.78, 5) is 90.0. The first-order valence-corrected chi connectivity index (χ1v) is 18.5. The molecule has 57 heavy (non-hydrogen) atoms. The van der Waals surface area contributed by atoms with E-state index >= 15 is 0 Å². The van der Waals surface area contributed by atoms with Gasteiger partial charge in [0.05, 0.1) is 13.2 Å². The van der Waals surface area contributed by atoms with Gasteiger partial charge in [0.1, 0.15) is 32.0 Å². The van der Waals surface area contributed by atoms with Gasteiger partial charge >= 0.3 is 23.9 Å². The first-order valence-electron chi connectivity index (χ1n) is 17.4. The molecule has 0 bridgehead atoms. The molecule has 6 N–H and O–H groups in total. The second-order valence-electron chi connectivity index (χ2n) is 13.0. The molecule has 2 heterocycles. The Kier molecular flexibility index (Phi) is 17.8. The van der Waals surface area contributed by atoms with Crippen molar-refractivity contribution in [2.45, 2.75) is 70.2 Å². The van der Waals surface area contributed by atoms with Crippen LogP contribution >= 0.6 is 0 Å². The highest BCUT2D eigenvalue weighted by Gasteiger charge is 2.33. The first-order chi connectivity index (χ1) is 27.1. The highest BCUT2D eigenvalue weighted by atomic mass is 32.2. The quantitative estimate of drug-likeness (QED) is 0.0326. The molecule has 0 aliphatic rings. The predicted molar refractivity (Wildman–Crippen MR) is 197 cm³/mol. The summed E-state index contributed by atoms with van der Waals surface area (Å²) in [6.07, 6.45) is 3.96. The maximum absolute atomic E-state index is 13.6. The standard InChI is InChI=1S/C35H45N7O14S/c43-24-56-17-12-35(10-7-31(46)47,11-8-32(48)49)37-29(44)20-40-14-1-2-27(40)18-39(15-9-25-3-5-26(6-4-25)38-57(54)55)19-28-36-13-16-41(28)21-30(45)42(22-33(50)51)23-34(52)53/h1-6,13-14,16,24,38H,7-12,15,17-23H2,(H,37,44)(H,46,47)(H,48,49)(H,50,51)(H,52,53)(H,54,55)/p-1. The van der Waals surface area contributed by atoms with Crippen molar-refractivity contribution in [3.8, 4) is 0 Å². The smallest absolute Gasteiger partial charge is 0.323 e. The van der Waals surface area contributed by atoms with Gasteiger partial charge < -0.3 is 53.8 Å². The molecular weight excluding hydrogens is 774 g/mol. The lowest BCUT2D eigenvalue weighted by Gasteiger charge is -2.34. The van der Waals surface area contributed by atoms with Crippen LogP contribution in [0.3, 0.4) is 0 Å². The van der Waals surface area contributed by atoms with Crippen LogP contribution in [0, 0.1) is 0 Å². The van der Waals surface area contributed by atoms with Crippen molar-refractivity contribution in [3.05, 3.63) is 72.1 Å². The summed E-state index contributed by atoms with van der Waals surface area (Å²) in [6.45, 7) is -1.61. The normalized spacial score (nSPS) is 11.8. The lowest BCUT2D eigenvalue weighted by Crippen LogP contribution is -2.51. The largest absolute Gasteiger partial charge is 0.755 e. The van der Waals surface area contributed by atoms with Gasteiger partial charge in [0.25, 0.3) is 6.47 Å². The van der Waals surface area contributed by atoms with Gasteiger partial charge in [0.15, 0.2) is 0 Å². The molecule has 0 spiro atoms. The third-order valence-corrected chi connectivity index (χ3v) is 9.18. The minimum Gasteiger partial charge on any atom is -0.755 e. The van der Waals surface area contributed by atoms with Gasteiger partial charge in [0.2, 0.25) is 11.8 Å². The Hall–Kier alpha value is -6.13. The van der Waals surface area contributed by atoms with Crippen LogP contribution in [0.1, 0.15) is 49.2 Å². The number of ether oxygens (including phenoxy) is 1. The van der Waals surface area contributed by atoms with Crippen molar-refractivity contribution in [3.63, 3.8) is 0 Å². The molecule has 21 nitrogen and oxygen atoms in total. The van der Waals surface area contributed by atoms with E-state index in [4.69, 9.17) is 4.74 Å². The molecule has 1 aromatic carbocycles. The summed E-state index contributed by atoms with van der Waals surface area (Å²) in [7, 11) is 0. The number of imidazole rings is 1. The number of hydrogen-bond donors (Lipinski definition) is 6. The summed E-state index contributed by atoms with van der Waals surface area (Å²) in [6, 6.07) is 10.1. The van der Waals surface area contributed by atoms with Crippen LogP contribution in [0.25, 0.3) is 0 Å². The molecule has 22 heteroatoms. The van der Waals surface area contributed by atoms with Crippen LogP contribution in [-0.4, -0.2) is 127 Å². The minimum atomic E-state index is -2.51. The topological polar surface area (TPSA) is 303 Å². The monoisotopic (exact) mass is 818 g/mol. The maximum atomic E-state index is 13.6. The molecular formula is C35H44N7O14S-. The first kappa shape index (κ1) is 45.3. The van der Waals surface area contributed by atoms with Gasteiger partial charge in [-0.25, -0.2) is 4.98 Å². The number of rotatable bonds is 28. The lowest BCUT2D eigenvalue weighted by molar-refractivity contribution is -0.149. The van der Waals surface area contributed by atoms with E-state index in [9.17, 15) is 62.7 Å². The zero-order valence-electron chi connectivity index (χ0n) is 30.7. The zero-order valence-corrected chi connectivity index (χ0v) is 31.5. The van der Waals surface area contributed by atoms with Gasteiger partial charge in [0, 0.05) is 79.1 Å². The number of hydrogen-bond acceptors (Lipinski definition) is 12. The van der Waals surface area contributed by atoms with E-state index in [1.54, 1.807) is 47.2 Å². The summed E-state index contributed by atoms with van der Waals surface area (Å²) < 4.78 is 32.2. The fourth-order valence-electron chi connectivity index (χ4n) is 6.00. The molecule has 2 aromatic heterocycles. The third-order valence-electron chi connectivity index (χ3n) is 8.78. The molecule has 0 saturated carbocycles. The van der Waals surface area contributed by atoms with Gasteiger partial charge in [-0.15, -0.1) is 0 Å². The van der Waals surface area contributed by atoms with Crippen LogP contribution in [0.2, 0.25) is 0 Å². The Bertz CT molecular complexity index is 1850. The molecule has 0 radical (unpaired) electrons. The molecule has 0 saturated heterocycles. The summed E-state index contributed by atoms with van der Waals surface area (Å²) in [5, 5.41) is 40.0. The SMILES string of the molecule is O=COCCC(CCC(=O)O)(CCC(=O)O)NC(=O)Cn1cccc1CN(CCc1ccc(NS(=O)[O-])cc1)Cc1nccn1CC(=O)N(CC(=O)O)CC(=O)O. The number of amides is 2. The van der Waals surface area contributed by atoms with E-state index < -0.39 is 72.1 Å². The number of aromatic nitrogens is 3. The van der Waals surface area contributed by atoms with Crippen molar-refractivity contribution in [1.82, 2.24) is 29.2 Å². The van der Waals surface area contributed by atoms with E-state index in [1.165, 1.54) is 17.0 Å². The lowest BCUT2D eigenvalue weighted by atomic mass is 9.85. The number of aliphatic carboxylic acids is 4. The molecule has 2 amide bonds. The Balaban J connectivity index is 1.87. The highest BCUT2D eigenvalue weighted by molar-refractivity contribution is 7.80. The average molecular weight is 819 g/mol. The zero-order chi connectivity index (χ0) is 42.0. The number of nitrogens with one attached hydrogen (secondary N) is 2. The van der Waals surface area contributed by atoms with E-state index in [0.717, 1.165) is 5.56 Å². The molecule has 0 aliphatic heterocycles. The third kappa shape index (κ3) is 16.2. The van der Waals surface area contributed by atoms with Crippen molar-refractivity contribution in [1.29, 1.82) is 0 Å². The van der Waals surface area contributed by atoms with E-state index in [1.807, 2.05) is 4.90 Å².